The van der Waals surface area contributed by atoms with Crippen LogP contribution in [-0.4, -0.2) is 77.9 Å². The summed E-state index contributed by atoms with van der Waals surface area (Å²) in [6.45, 7) is 14.7. The molecule has 4 aliphatic heterocycles. The van der Waals surface area contributed by atoms with Crippen LogP contribution in [0.3, 0.4) is 0 Å². The van der Waals surface area contributed by atoms with Gasteiger partial charge in [0, 0.05) is 32.3 Å². The van der Waals surface area contributed by atoms with Gasteiger partial charge in [0.2, 0.25) is 0 Å². The lowest BCUT2D eigenvalue weighted by Crippen LogP contribution is -2.59. The van der Waals surface area contributed by atoms with Crippen molar-refractivity contribution in [1.82, 2.24) is 0 Å². The highest BCUT2D eigenvalue weighted by atomic mass is 16.7. The number of allylic oxidation sites excluding steroid dienone is 5. The van der Waals surface area contributed by atoms with Crippen LogP contribution in [0.4, 0.5) is 0 Å². The van der Waals surface area contributed by atoms with Gasteiger partial charge < -0.3 is 33.9 Å². The average Bonchev–Trinajstić information content (AvgIpc) is 3.29. The highest BCUT2D eigenvalue weighted by Gasteiger charge is 2.60. The number of aliphatic hydroxyl groups is 2. The largest absolute Gasteiger partial charge is 0.462 e. The van der Waals surface area contributed by atoms with Crippen LogP contribution >= 0.6 is 0 Å². The fraction of sp³-hybridized carbons (Fsp3) is 0.703. The molecular weight excluding hydrogens is 572 g/mol. The fourth-order valence-electron chi connectivity index (χ4n) is 8.14. The molecule has 11 atom stereocenters. The SMILES string of the molecule is COC1C(C)=CC2C(=O)OC3CC(CC=C(C)CC(C)C=CC=C4COC1C42O)OC1(C3)CC(O)C(C)C(C(C)=CC(C)C)O1. The van der Waals surface area contributed by atoms with Crippen molar-refractivity contribution in [3.63, 3.8) is 0 Å². The zero-order valence-corrected chi connectivity index (χ0v) is 28.3. The van der Waals surface area contributed by atoms with Gasteiger partial charge in [0.25, 0.3) is 0 Å². The molecule has 1 aliphatic carbocycles. The van der Waals surface area contributed by atoms with Gasteiger partial charge in [-0.1, -0.05) is 69.7 Å². The molecular formula is C37H54O8. The number of carbonyl (C=O) groups is 1. The molecule has 2 bridgehead atoms. The lowest BCUT2D eigenvalue weighted by Gasteiger charge is -2.51. The number of ether oxygens (including phenoxy) is 5. The maximum absolute atomic E-state index is 14.2. The summed E-state index contributed by atoms with van der Waals surface area (Å²) < 4.78 is 31.8. The minimum atomic E-state index is -1.61. The second kappa shape index (κ2) is 13.6. The van der Waals surface area contributed by atoms with Gasteiger partial charge in [0.1, 0.15) is 29.8 Å². The Hall–Kier alpha value is -2.07. The first kappa shape index (κ1) is 34.3. The number of hydrogen-bond donors (Lipinski definition) is 2. The van der Waals surface area contributed by atoms with E-state index in [1.807, 2.05) is 32.9 Å². The lowest BCUT2D eigenvalue weighted by atomic mass is 9.70. The highest BCUT2D eigenvalue weighted by Crippen LogP contribution is 2.48. The molecule has 5 rings (SSSR count). The van der Waals surface area contributed by atoms with E-state index < -0.39 is 47.7 Å². The summed E-state index contributed by atoms with van der Waals surface area (Å²) >= 11 is 0. The third-order valence-corrected chi connectivity index (χ3v) is 10.3. The minimum absolute atomic E-state index is 0.110. The van der Waals surface area contributed by atoms with Crippen LogP contribution in [0.2, 0.25) is 0 Å². The molecule has 5 aliphatic rings. The quantitative estimate of drug-likeness (QED) is 0.302. The Bertz CT molecular complexity index is 1260. The standard InChI is InChI=1S/C37H54O8/c1-21(2)14-24(5)32-26(7)31(38)19-36(45-32)18-29-17-28(44-36)13-12-23(4)15-22(3)10-9-11-27-20-42-34-33(41-8)25(6)16-30(35(39)43-29)37(27,34)40/h9-12,14,16,21-22,26,28-34,38,40H,13,15,17-20H2,1-8H3. The lowest BCUT2D eigenvalue weighted by molar-refractivity contribution is -0.342. The van der Waals surface area contributed by atoms with E-state index >= 15 is 0 Å². The first-order chi connectivity index (χ1) is 21.3. The van der Waals surface area contributed by atoms with E-state index in [1.165, 1.54) is 5.57 Å². The number of hydrogen-bond acceptors (Lipinski definition) is 8. The van der Waals surface area contributed by atoms with Crippen molar-refractivity contribution in [2.24, 2.45) is 23.7 Å². The Balaban J connectivity index is 1.53. The van der Waals surface area contributed by atoms with Crippen LogP contribution in [0, 0.1) is 23.7 Å². The molecule has 0 aromatic heterocycles. The summed E-state index contributed by atoms with van der Waals surface area (Å²) in [6.07, 6.45) is 11.7. The molecule has 1 spiro atoms. The van der Waals surface area contributed by atoms with E-state index in [0.29, 0.717) is 37.2 Å². The second-order valence-corrected chi connectivity index (χ2v) is 14.6. The molecule has 0 saturated carbocycles. The molecule has 250 valence electrons. The van der Waals surface area contributed by atoms with Gasteiger partial charge in [-0.05, 0) is 62.2 Å². The molecule has 4 heterocycles. The number of aliphatic hydroxyl groups excluding tert-OH is 1. The van der Waals surface area contributed by atoms with Gasteiger partial charge in [-0.25, -0.2) is 0 Å². The fourth-order valence-corrected chi connectivity index (χ4v) is 8.14. The van der Waals surface area contributed by atoms with Crippen LogP contribution in [0.5, 0.6) is 0 Å². The number of carbonyl (C=O) groups excluding carboxylic acids is 1. The van der Waals surface area contributed by atoms with Crippen LogP contribution in [0.1, 0.15) is 80.6 Å². The summed E-state index contributed by atoms with van der Waals surface area (Å²) in [5.74, 6) is -2.11. The third-order valence-electron chi connectivity index (χ3n) is 10.3. The topological polar surface area (TPSA) is 104 Å². The second-order valence-electron chi connectivity index (χ2n) is 14.6. The molecule has 8 heteroatoms. The van der Waals surface area contributed by atoms with Crippen molar-refractivity contribution in [2.45, 2.75) is 129 Å². The molecule has 3 fully saturated rings. The van der Waals surface area contributed by atoms with Crippen molar-refractivity contribution in [1.29, 1.82) is 0 Å². The molecule has 3 saturated heterocycles. The summed E-state index contributed by atoms with van der Waals surface area (Å²) in [4.78, 5) is 14.2. The molecule has 0 radical (unpaired) electrons. The van der Waals surface area contributed by atoms with Crippen molar-refractivity contribution < 1.29 is 38.7 Å². The monoisotopic (exact) mass is 626 g/mol. The predicted molar refractivity (Wildman–Crippen MR) is 172 cm³/mol. The van der Waals surface area contributed by atoms with Gasteiger partial charge in [0.15, 0.2) is 5.79 Å². The Morgan fingerprint density at radius 2 is 1.91 bits per heavy atom. The van der Waals surface area contributed by atoms with E-state index in [9.17, 15) is 15.0 Å². The van der Waals surface area contributed by atoms with Gasteiger partial charge in [-0.15, -0.1) is 0 Å². The van der Waals surface area contributed by atoms with Crippen LogP contribution < -0.4 is 0 Å². The zero-order valence-electron chi connectivity index (χ0n) is 28.3. The van der Waals surface area contributed by atoms with E-state index in [4.69, 9.17) is 23.7 Å². The smallest absolute Gasteiger partial charge is 0.316 e. The van der Waals surface area contributed by atoms with Crippen molar-refractivity contribution in [3.8, 4) is 0 Å². The Labute approximate surface area is 269 Å². The molecule has 2 N–H and O–H groups in total. The summed E-state index contributed by atoms with van der Waals surface area (Å²) in [5, 5.41) is 23.7. The summed E-state index contributed by atoms with van der Waals surface area (Å²) in [5.41, 5.74) is 2.14. The third kappa shape index (κ3) is 6.97. The van der Waals surface area contributed by atoms with E-state index in [0.717, 1.165) is 17.6 Å². The van der Waals surface area contributed by atoms with Crippen LogP contribution in [-0.2, 0) is 28.5 Å². The molecule has 0 amide bonds. The van der Waals surface area contributed by atoms with Crippen LogP contribution in [0.25, 0.3) is 0 Å². The maximum Gasteiger partial charge on any atom is 0.316 e. The maximum atomic E-state index is 14.2. The Morgan fingerprint density at radius 3 is 2.62 bits per heavy atom. The first-order valence-electron chi connectivity index (χ1n) is 16.8. The molecule has 0 aromatic carbocycles. The van der Waals surface area contributed by atoms with Crippen molar-refractivity contribution in [2.75, 3.05) is 13.7 Å². The van der Waals surface area contributed by atoms with E-state index in [1.54, 1.807) is 13.2 Å². The zero-order chi connectivity index (χ0) is 32.7. The highest BCUT2D eigenvalue weighted by molar-refractivity contribution is 5.78. The van der Waals surface area contributed by atoms with Crippen molar-refractivity contribution in [3.05, 3.63) is 58.7 Å². The number of rotatable bonds is 3. The Morgan fingerprint density at radius 1 is 1.16 bits per heavy atom. The number of fused-ring (bicyclic) bond motifs is 2. The summed E-state index contributed by atoms with van der Waals surface area (Å²) in [7, 11) is 1.59. The molecule has 11 unspecified atom stereocenters. The Kier molecular flexibility index (Phi) is 10.3. The van der Waals surface area contributed by atoms with E-state index in [-0.39, 0.29) is 30.7 Å². The predicted octanol–water partition coefficient (Wildman–Crippen LogP) is 5.74. The molecule has 45 heavy (non-hydrogen) atoms. The normalized spacial score (nSPS) is 43.0. The first-order valence-corrected chi connectivity index (χ1v) is 16.8. The molecule has 0 aromatic rings. The van der Waals surface area contributed by atoms with Crippen molar-refractivity contribution >= 4 is 5.97 Å². The van der Waals surface area contributed by atoms with Crippen LogP contribution in [0.15, 0.2) is 58.7 Å². The molecule has 8 nitrogen and oxygen atoms in total. The number of methoxy groups -OCH3 is 1. The van der Waals surface area contributed by atoms with Gasteiger partial charge in [-0.2, -0.15) is 0 Å². The van der Waals surface area contributed by atoms with Gasteiger partial charge in [0.05, 0.1) is 24.9 Å². The van der Waals surface area contributed by atoms with E-state index in [2.05, 4.69) is 45.9 Å². The minimum Gasteiger partial charge on any atom is -0.462 e. The van der Waals surface area contributed by atoms with Gasteiger partial charge in [-0.3, -0.25) is 4.79 Å². The van der Waals surface area contributed by atoms with Gasteiger partial charge >= 0.3 is 5.97 Å². The average molecular weight is 627 g/mol. The summed E-state index contributed by atoms with van der Waals surface area (Å²) in [6, 6.07) is 0. The number of esters is 1.